The molecule has 0 saturated heterocycles. The maximum atomic E-state index is 13.7. The Morgan fingerprint density at radius 2 is 1.85 bits per heavy atom. The number of thioether (sulfide) groups is 1. The molecule has 0 spiro atoms. The lowest BCUT2D eigenvalue weighted by atomic mass is 10.2. The smallest absolute Gasteiger partial charge is 0.277 e. The van der Waals surface area contributed by atoms with E-state index in [1.165, 1.54) is 36.4 Å². The van der Waals surface area contributed by atoms with Crippen molar-refractivity contribution in [2.75, 3.05) is 5.75 Å². The van der Waals surface area contributed by atoms with Gasteiger partial charge in [-0.2, -0.15) is 0 Å². The third-order valence-electron chi connectivity index (χ3n) is 5.02. The highest BCUT2D eigenvalue weighted by atomic mass is 32.2. The fourth-order valence-corrected chi connectivity index (χ4v) is 4.13. The summed E-state index contributed by atoms with van der Waals surface area (Å²) in [6.45, 7) is 5.43. The molecule has 6 nitrogen and oxygen atoms in total. The molecule has 2 aromatic heterocycles. The van der Waals surface area contributed by atoms with Gasteiger partial charge in [-0.25, -0.2) is 8.78 Å². The minimum Gasteiger partial charge on any atom is -0.481 e. The standard InChI is InChI=1S/C24H21F2N3O3S/c1-14-11-21(15(2)29(14)19-6-4-5-18(26)12-19)22(30)13-33-24-28-27-23(32-24)16(3)31-20-9-7-17(25)8-10-20/h4-12,16H,13H2,1-3H3/t16-/m0/s1. The Morgan fingerprint density at radius 1 is 1.09 bits per heavy atom. The summed E-state index contributed by atoms with van der Waals surface area (Å²) >= 11 is 1.13. The first-order valence-electron chi connectivity index (χ1n) is 10.2. The van der Waals surface area contributed by atoms with Crippen LogP contribution in [-0.2, 0) is 0 Å². The molecule has 0 aliphatic carbocycles. The van der Waals surface area contributed by atoms with E-state index in [2.05, 4.69) is 10.2 Å². The highest BCUT2D eigenvalue weighted by Crippen LogP contribution is 2.26. The van der Waals surface area contributed by atoms with Crippen LogP contribution in [0.5, 0.6) is 5.75 Å². The zero-order valence-corrected chi connectivity index (χ0v) is 19.0. The van der Waals surface area contributed by atoms with Gasteiger partial charge in [0.15, 0.2) is 11.9 Å². The van der Waals surface area contributed by atoms with Gasteiger partial charge in [-0.05, 0) is 69.3 Å². The van der Waals surface area contributed by atoms with Gasteiger partial charge >= 0.3 is 0 Å². The fraction of sp³-hybridized carbons (Fsp3) is 0.208. The van der Waals surface area contributed by atoms with Crippen LogP contribution in [-0.4, -0.2) is 26.3 Å². The number of ketones is 1. The summed E-state index contributed by atoms with van der Waals surface area (Å²) in [5.41, 5.74) is 2.78. The number of nitrogens with zero attached hydrogens (tertiary/aromatic N) is 3. The zero-order valence-electron chi connectivity index (χ0n) is 18.2. The quantitative estimate of drug-likeness (QED) is 0.237. The van der Waals surface area contributed by atoms with Crippen LogP contribution in [0.25, 0.3) is 5.69 Å². The molecule has 170 valence electrons. The third-order valence-corrected chi connectivity index (χ3v) is 5.84. The van der Waals surface area contributed by atoms with Gasteiger partial charge in [0.2, 0.25) is 0 Å². The highest BCUT2D eigenvalue weighted by molar-refractivity contribution is 7.99. The van der Waals surface area contributed by atoms with Gasteiger partial charge in [0.05, 0.1) is 5.75 Å². The lowest BCUT2D eigenvalue weighted by Gasteiger charge is -2.10. The number of hydrogen-bond acceptors (Lipinski definition) is 6. The number of Topliss-reactive ketones (excluding diaryl/α,β-unsaturated/α-hetero) is 1. The van der Waals surface area contributed by atoms with E-state index in [1.807, 2.05) is 18.4 Å². The lowest BCUT2D eigenvalue weighted by Crippen LogP contribution is -2.05. The molecule has 0 aliphatic rings. The first-order valence-corrected chi connectivity index (χ1v) is 11.2. The molecule has 0 unspecified atom stereocenters. The average Bonchev–Trinajstić information content (AvgIpc) is 3.38. The first-order chi connectivity index (χ1) is 15.8. The number of ether oxygens (including phenoxy) is 1. The van der Waals surface area contributed by atoms with Crippen LogP contribution in [0.1, 0.15) is 40.7 Å². The first kappa shape index (κ1) is 22.7. The number of halogens is 2. The van der Waals surface area contributed by atoms with Gasteiger partial charge < -0.3 is 13.7 Å². The van der Waals surface area contributed by atoms with Gasteiger partial charge in [0.1, 0.15) is 17.4 Å². The molecule has 4 rings (SSSR count). The summed E-state index contributed by atoms with van der Waals surface area (Å²) < 4.78 is 39.8. The number of aromatic nitrogens is 3. The van der Waals surface area contributed by atoms with E-state index in [0.717, 1.165) is 23.1 Å². The second-order valence-corrected chi connectivity index (χ2v) is 8.36. The van der Waals surface area contributed by atoms with E-state index in [9.17, 15) is 13.6 Å². The van der Waals surface area contributed by atoms with Gasteiger partial charge in [-0.1, -0.05) is 17.8 Å². The van der Waals surface area contributed by atoms with E-state index in [1.54, 1.807) is 25.1 Å². The third kappa shape index (κ3) is 5.14. The molecular formula is C24H21F2N3O3S. The monoisotopic (exact) mass is 469 g/mol. The van der Waals surface area contributed by atoms with Crippen LogP contribution in [0.15, 0.2) is 64.2 Å². The van der Waals surface area contributed by atoms with E-state index < -0.39 is 6.10 Å². The number of carbonyl (C=O) groups excluding carboxylic acids is 1. The predicted octanol–water partition coefficient (Wildman–Crippen LogP) is 5.87. The molecule has 0 saturated carbocycles. The molecule has 0 radical (unpaired) electrons. The van der Waals surface area contributed by atoms with Gasteiger partial charge in [0.25, 0.3) is 11.1 Å². The second kappa shape index (κ2) is 9.58. The molecule has 0 bridgehead atoms. The van der Waals surface area contributed by atoms with Crippen molar-refractivity contribution in [3.63, 3.8) is 0 Å². The molecule has 1 atom stereocenters. The number of hydrogen-bond donors (Lipinski definition) is 0. The lowest BCUT2D eigenvalue weighted by molar-refractivity contribution is 0.102. The normalized spacial score (nSPS) is 12.0. The topological polar surface area (TPSA) is 70.2 Å². The maximum Gasteiger partial charge on any atom is 0.277 e. The molecule has 0 aliphatic heterocycles. The summed E-state index contributed by atoms with van der Waals surface area (Å²) in [5, 5.41) is 8.19. The Kier molecular flexibility index (Phi) is 6.60. The van der Waals surface area contributed by atoms with Crippen molar-refractivity contribution in [3.8, 4) is 11.4 Å². The molecule has 4 aromatic rings. The molecule has 0 amide bonds. The van der Waals surface area contributed by atoms with Crippen molar-refractivity contribution >= 4 is 17.5 Å². The minimum absolute atomic E-state index is 0.0995. The Morgan fingerprint density at radius 3 is 2.58 bits per heavy atom. The summed E-state index contributed by atoms with van der Waals surface area (Å²) in [5.74, 6) is 0.0216. The molecule has 2 aromatic carbocycles. The van der Waals surface area contributed by atoms with Crippen molar-refractivity contribution in [2.45, 2.75) is 32.1 Å². The van der Waals surface area contributed by atoms with E-state index in [0.29, 0.717) is 17.0 Å². The van der Waals surface area contributed by atoms with Crippen LogP contribution >= 0.6 is 11.8 Å². The van der Waals surface area contributed by atoms with Gasteiger partial charge in [-0.3, -0.25) is 4.79 Å². The SMILES string of the molecule is Cc1cc(C(=O)CSc2nnc([C@H](C)Oc3ccc(F)cc3)o2)c(C)n1-c1cccc(F)c1. The molecule has 33 heavy (non-hydrogen) atoms. The Bertz CT molecular complexity index is 1280. The maximum absolute atomic E-state index is 13.7. The largest absolute Gasteiger partial charge is 0.481 e. The van der Waals surface area contributed by atoms with Crippen LogP contribution in [0.3, 0.4) is 0 Å². The Hall–Kier alpha value is -3.46. The Labute approximate surface area is 193 Å². The number of benzene rings is 2. The second-order valence-electron chi connectivity index (χ2n) is 7.43. The summed E-state index contributed by atoms with van der Waals surface area (Å²) in [7, 11) is 0. The van der Waals surface area contributed by atoms with Crippen LogP contribution in [0, 0.1) is 25.5 Å². The highest BCUT2D eigenvalue weighted by Gasteiger charge is 2.20. The molecule has 0 fully saturated rings. The molecule has 9 heteroatoms. The number of aryl methyl sites for hydroxylation is 1. The summed E-state index contributed by atoms with van der Waals surface area (Å²) in [6.07, 6.45) is -0.543. The van der Waals surface area contributed by atoms with Crippen LogP contribution in [0.4, 0.5) is 8.78 Å². The van der Waals surface area contributed by atoms with E-state index >= 15 is 0 Å². The summed E-state index contributed by atoms with van der Waals surface area (Å²) in [6, 6.07) is 13.6. The van der Waals surface area contributed by atoms with Crippen molar-refractivity contribution in [2.24, 2.45) is 0 Å². The van der Waals surface area contributed by atoms with Crippen molar-refractivity contribution in [3.05, 3.63) is 89.1 Å². The Balaban J connectivity index is 1.41. The van der Waals surface area contributed by atoms with Crippen molar-refractivity contribution in [1.82, 2.24) is 14.8 Å². The fourth-order valence-electron chi connectivity index (χ4n) is 3.47. The number of carbonyl (C=O) groups is 1. The van der Waals surface area contributed by atoms with E-state index in [-0.39, 0.29) is 34.3 Å². The summed E-state index contributed by atoms with van der Waals surface area (Å²) in [4.78, 5) is 12.9. The average molecular weight is 470 g/mol. The van der Waals surface area contributed by atoms with Crippen LogP contribution in [0.2, 0.25) is 0 Å². The van der Waals surface area contributed by atoms with Crippen LogP contribution < -0.4 is 4.74 Å². The zero-order chi connectivity index (χ0) is 23.5. The predicted molar refractivity (Wildman–Crippen MR) is 120 cm³/mol. The number of rotatable bonds is 8. The van der Waals surface area contributed by atoms with Crippen molar-refractivity contribution < 1.29 is 22.7 Å². The van der Waals surface area contributed by atoms with Gasteiger partial charge in [-0.15, -0.1) is 10.2 Å². The van der Waals surface area contributed by atoms with E-state index in [4.69, 9.17) is 9.15 Å². The minimum atomic E-state index is -0.543. The van der Waals surface area contributed by atoms with Gasteiger partial charge in [0, 0.05) is 22.6 Å². The molecular weight excluding hydrogens is 448 g/mol. The molecule has 2 heterocycles. The molecule has 0 N–H and O–H groups in total. The van der Waals surface area contributed by atoms with Crippen molar-refractivity contribution in [1.29, 1.82) is 0 Å².